The van der Waals surface area contributed by atoms with Crippen molar-refractivity contribution >= 4 is 23.2 Å². The van der Waals surface area contributed by atoms with Gasteiger partial charge in [-0.3, -0.25) is 19.4 Å². The molecule has 0 spiro atoms. The first-order valence-corrected chi connectivity index (χ1v) is 13.0. The third-order valence-corrected chi connectivity index (χ3v) is 8.86. The van der Waals surface area contributed by atoms with E-state index >= 15 is 4.39 Å². The molecule has 1 saturated carbocycles. The quantitative estimate of drug-likeness (QED) is 0.316. The highest BCUT2D eigenvalue weighted by Gasteiger charge is 2.63. The van der Waals surface area contributed by atoms with Gasteiger partial charge in [0.2, 0.25) is 5.78 Å². The van der Waals surface area contributed by atoms with Gasteiger partial charge in [-0.05, 0) is 58.8 Å². The smallest absolute Gasteiger partial charge is 0.254 e. The zero-order chi connectivity index (χ0) is 29.3. The Bertz CT molecular complexity index is 1340. The fourth-order valence-corrected chi connectivity index (χ4v) is 6.44. The third kappa shape index (κ3) is 4.14. The van der Waals surface area contributed by atoms with E-state index in [9.17, 15) is 30.0 Å². The number of amides is 1. The number of benzene rings is 1. The highest BCUT2D eigenvalue weighted by Crippen LogP contribution is 2.52. The number of nitrogens with zero attached hydrogens (tertiary/aromatic N) is 2. The van der Waals surface area contributed by atoms with Crippen molar-refractivity contribution in [1.82, 2.24) is 9.80 Å². The minimum atomic E-state index is -2.58. The van der Waals surface area contributed by atoms with Crippen molar-refractivity contribution < 1.29 is 34.4 Å². The van der Waals surface area contributed by atoms with Crippen LogP contribution < -0.4 is 5.73 Å². The molecule has 0 bridgehead atoms. The summed E-state index contributed by atoms with van der Waals surface area (Å²) in [6.45, 7) is 6.34. The van der Waals surface area contributed by atoms with Crippen molar-refractivity contribution in [2.75, 3.05) is 21.1 Å². The van der Waals surface area contributed by atoms with E-state index in [1.165, 1.54) is 11.0 Å². The number of ketones is 1. The number of hydrogen-bond donors (Lipinski definition) is 6. The number of phenols is 1. The third-order valence-electron chi connectivity index (χ3n) is 8.86. The summed E-state index contributed by atoms with van der Waals surface area (Å²) in [6.07, 6.45) is -0.0680. The molecule has 1 amide bonds. The van der Waals surface area contributed by atoms with Gasteiger partial charge in [0.25, 0.3) is 5.91 Å². The van der Waals surface area contributed by atoms with Crippen LogP contribution in [0.1, 0.15) is 43.9 Å². The van der Waals surface area contributed by atoms with Crippen LogP contribution in [0.2, 0.25) is 0 Å². The molecule has 11 heteroatoms. The molecule has 1 aromatic rings. The Morgan fingerprint density at radius 2 is 1.85 bits per heavy atom. The Labute approximate surface area is 226 Å². The second-order valence-electron chi connectivity index (χ2n) is 11.6. The fraction of sp³-hybridized carbons (Fsp3) is 0.536. The van der Waals surface area contributed by atoms with E-state index in [-0.39, 0.29) is 47.7 Å². The molecule has 212 valence electrons. The molecule has 3 aliphatic rings. The van der Waals surface area contributed by atoms with E-state index in [2.05, 4.69) is 13.8 Å². The first-order chi connectivity index (χ1) is 18.0. The zero-order valence-corrected chi connectivity index (χ0v) is 23.0. The van der Waals surface area contributed by atoms with Crippen LogP contribution in [0.15, 0.2) is 23.0 Å². The summed E-state index contributed by atoms with van der Waals surface area (Å²) in [5, 5.41) is 53.2. The number of nitrogens with two attached hydrogens (primary N) is 1. The van der Waals surface area contributed by atoms with Crippen LogP contribution in [0, 0.1) is 29.0 Å². The number of hydrogen-bond acceptors (Lipinski definition) is 9. The topological polar surface area (TPSA) is 171 Å². The number of nitrogens with one attached hydrogen (secondary N) is 1. The molecule has 0 saturated heterocycles. The number of aliphatic hydroxyl groups excluding tert-OH is 2. The number of likely N-dealkylation sites (N-methyl/N-ethyl adjacent to an activating group) is 1. The van der Waals surface area contributed by atoms with E-state index in [1.54, 1.807) is 14.1 Å². The Kier molecular flexibility index (Phi) is 7.16. The largest absolute Gasteiger partial charge is 0.510 e. The molecule has 39 heavy (non-hydrogen) atoms. The van der Waals surface area contributed by atoms with Crippen molar-refractivity contribution in [3.63, 3.8) is 0 Å². The number of Topliss-reactive ketones (excluding diaryl/α,β-unsaturated/α-hetero) is 1. The number of carbonyl (C=O) groups is 2. The maximum absolute atomic E-state index is 15.9. The highest BCUT2D eigenvalue weighted by atomic mass is 19.1. The first-order valence-electron chi connectivity index (χ1n) is 13.0. The number of fused-ring (bicyclic) bond motifs is 3. The van der Waals surface area contributed by atoms with Crippen LogP contribution in [0.5, 0.6) is 5.75 Å². The molecule has 0 heterocycles. The molecule has 0 aromatic heterocycles. The van der Waals surface area contributed by atoms with Crippen LogP contribution in [0.4, 0.5) is 4.39 Å². The monoisotopic (exact) mass is 544 g/mol. The summed E-state index contributed by atoms with van der Waals surface area (Å²) in [7, 11) is 5.02. The van der Waals surface area contributed by atoms with Crippen molar-refractivity contribution in [1.29, 1.82) is 5.41 Å². The number of primary amides is 1. The molecular weight excluding hydrogens is 507 g/mol. The summed E-state index contributed by atoms with van der Waals surface area (Å²) in [4.78, 5) is 29.5. The highest BCUT2D eigenvalue weighted by molar-refractivity contribution is 6.33. The van der Waals surface area contributed by atoms with Gasteiger partial charge < -0.3 is 31.6 Å². The van der Waals surface area contributed by atoms with Gasteiger partial charge in [-0.25, -0.2) is 4.39 Å². The van der Waals surface area contributed by atoms with Crippen molar-refractivity contribution in [3.05, 3.63) is 45.5 Å². The van der Waals surface area contributed by atoms with E-state index in [0.717, 1.165) is 0 Å². The molecule has 10 nitrogen and oxygen atoms in total. The Morgan fingerprint density at radius 1 is 1.23 bits per heavy atom. The van der Waals surface area contributed by atoms with E-state index in [1.807, 2.05) is 18.9 Å². The van der Waals surface area contributed by atoms with Crippen molar-refractivity contribution in [3.8, 4) is 5.75 Å². The maximum atomic E-state index is 15.9. The van der Waals surface area contributed by atoms with Crippen LogP contribution in [0.25, 0.3) is 5.76 Å². The lowest BCUT2D eigenvalue weighted by atomic mass is 9.57. The van der Waals surface area contributed by atoms with Gasteiger partial charge in [-0.1, -0.05) is 13.8 Å². The summed E-state index contributed by atoms with van der Waals surface area (Å²) in [6, 6.07) is 0.319. The molecule has 1 aromatic carbocycles. The number of aromatic hydroxyl groups is 1. The van der Waals surface area contributed by atoms with Gasteiger partial charge in [0.05, 0.1) is 17.3 Å². The zero-order valence-electron chi connectivity index (χ0n) is 23.0. The van der Waals surface area contributed by atoms with Gasteiger partial charge in [0.1, 0.15) is 28.7 Å². The molecule has 1 unspecified atom stereocenters. The fourth-order valence-electron chi connectivity index (χ4n) is 6.44. The van der Waals surface area contributed by atoms with Crippen molar-refractivity contribution in [2.24, 2.45) is 23.5 Å². The molecule has 0 aliphatic heterocycles. The Morgan fingerprint density at radius 3 is 2.38 bits per heavy atom. The average molecular weight is 545 g/mol. The predicted molar refractivity (Wildman–Crippen MR) is 143 cm³/mol. The van der Waals surface area contributed by atoms with Gasteiger partial charge >= 0.3 is 0 Å². The molecular formula is C28H37FN4O6. The number of phenolic OH excluding ortho intramolecular Hbond substituents is 1. The molecule has 5 atom stereocenters. The summed E-state index contributed by atoms with van der Waals surface area (Å²) < 4.78 is 15.9. The van der Waals surface area contributed by atoms with E-state index < -0.39 is 69.5 Å². The summed E-state index contributed by atoms with van der Waals surface area (Å²) in [5.41, 5.74) is 1.15. The van der Waals surface area contributed by atoms with Crippen LogP contribution in [0.3, 0.4) is 0 Å². The lowest BCUT2D eigenvalue weighted by Crippen LogP contribution is -2.67. The maximum Gasteiger partial charge on any atom is 0.254 e. The average Bonchev–Trinajstić information content (AvgIpc) is 2.83. The minimum absolute atomic E-state index is 0.0167. The second-order valence-corrected chi connectivity index (χ2v) is 11.6. The lowest BCUT2D eigenvalue weighted by Gasteiger charge is -2.51. The SMILES string of the molecule is CC(C)[C@H](C)N(C)Cc1cc(O)c2c(c1F)C[C@H]1CC3[C@H](N(C)C)C(O)=C(C(N)=O)C(=N)[C@@]3(O)C(=O)C1=C2O. The van der Waals surface area contributed by atoms with Gasteiger partial charge in [-0.15, -0.1) is 0 Å². The van der Waals surface area contributed by atoms with Gasteiger partial charge in [0.15, 0.2) is 5.60 Å². The predicted octanol–water partition coefficient (Wildman–Crippen LogP) is 2.03. The number of halogens is 1. The van der Waals surface area contributed by atoms with Crippen LogP contribution >= 0.6 is 0 Å². The summed E-state index contributed by atoms with van der Waals surface area (Å²) >= 11 is 0. The normalized spacial score (nSPS) is 27.7. The van der Waals surface area contributed by atoms with Crippen LogP contribution in [-0.4, -0.2) is 86.5 Å². The van der Waals surface area contributed by atoms with Gasteiger partial charge in [-0.2, -0.15) is 0 Å². The Balaban J connectivity index is 1.86. The minimum Gasteiger partial charge on any atom is -0.510 e. The number of carbonyl (C=O) groups excluding carboxylic acids is 2. The first kappa shape index (κ1) is 28.7. The molecule has 4 rings (SSSR count). The number of rotatable bonds is 6. The molecule has 0 radical (unpaired) electrons. The van der Waals surface area contributed by atoms with E-state index in [0.29, 0.717) is 5.92 Å². The van der Waals surface area contributed by atoms with E-state index in [4.69, 9.17) is 11.1 Å². The lowest BCUT2D eigenvalue weighted by molar-refractivity contribution is -0.138. The second kappa shape index (κ2) is 9.72. The van der Waals surface area contributed by atoms with Crippen LogP contribution in [-0.2, 0) is 22.6 Å². The molecule has 3 aliphatic carbocycles. The van der Waals surface area contributed by atoms with Gasteiger partial charge in [0, 0.05) is 35.2 Å². The summed E-state index contributed by atoms with van der Waals surface area (Å²) in [5.74, 6) is -5.96. The molecule has 1 fully saturated rings. The van der Waals surface area contributed by atoms with Crippen molar-refractivity contribution in [2.45, 2.75) is 57.8 Å². The number of aliphatic hydroxyl groups is 3. The standard InChI is InChI=1S/C28H37FN4O6/c1-11(2)12(3)33(6)10-14-9-17(34)19-15(21(14)29)7-13-8-16-22(32(4)5)24(36)20(27(31)38)25(30)28(16,39)26(37)18(13)23(19)35/h9,11-13,16,22,30,34-36,39H,7-8,10H2,1-6H3,(H2,31,38)/t12-,13-,16?,22-,28+/m0/s1. The Hall–Kier alpha value is -3.28. The molecule has 7 N–H and O–H groups in total.